The third kappa shape index (κ3) is 5.02. The number of hydrogen-bond donors (Lipinski definition) is 2. The molecule has 1 atom stereocenters. The van der Waals surface area contributed by atoms with Crippen molar-refractivity contribution in [2.24, 2.45) is 5.92 Å². The predicted molar refractivity (Wildman–Crippen MR) is 79.8 cm³/mol. The van der Waals surface area contributed by atoms with E-state index in [0.717, 1.165) is 26.1 Å². The summed E-state index contributed by atoms with van der Waals surface area (Å²) in [6.45, 7) is 3.84. The summed E-state index contributed by atoms with van der Waals surface area (Å²) in [6.07, 6.45) is 3.26. The zero-order valence-electron chi connectivity index (χ0n) is 12.2. The lowest BCUT2D eigenvalue weighted by Gasteiger charge is -2.32. The summed E-state index contributed by atoms with van der Waals surface area (Å²) < 4.78 is 5.65. The highest BCUT2D eigenvalue weighted by atomic mass is 16.5. The van der Waals surface area contributed by atoms with Gasteiger partial charge in [0.15, 0.2) is 0 Å². The van der Waals surface area contributed by atoms with Gasteiger partial charge in [-0.25, -0.2) is 4.79 Å². The number of benzene rings is 1. The molecule has 0 spiro atoms. The quantitative estimate of drug-likeness (QED) is 0.803. The maximum Gasteiger partial charge on any atom is 0.335 e. The highest BCUT2D eigenvalue weighted by Crippen LogP contribution is 2.19. The Balaban J connectivity index is 1.72. The first-order chi connectivity index (χ1) is 10.2. The molecule has 2 N–H and O–H groups in total. The fraction of sp³-hybridized carbons (Fsp3) is 0.562. The van der Waals surface area contributed by atoms with Crippen LogP contribution in [0.25, 0.3) is 0 Å². The third-order valence-corrected chi connectivity index (χ3v) is 3.92. The van der Waals surface area contributed by atoms with Crippen LogP contribution in [0.5, 0.6) is 5.75 Å². The van der Waals surface area contributed by atoms with Crippen LogP contribution in [0.3, 0.4) is 0 Å². The molecule has 21 heavy (non-hydrogen) atoms. The lowest BCUT2D eigenvalue weighted by Crippen LogP contribution is -2.38. The molecule has 5 heteroatoms. The van der Waals surface area contributed by atoms with E-state index in [1.165, 1.54) is 12.8 Å². The van der Waals surface area contributed by atoms with Gasteiger partial charge in [0.2, 0.25) is 0 Å². The number of aliphatic hydroxyl groups is 1. The van der Waals surface area contributed by atoms with Gasteiger partial charge in [0.25, 0.3) is 0 Å². The largest absolute Gasteiger partial charge is 0.492 e. The number of carbonyl (C=O) groups is 1. The van der Waals surface area contributed by atoms with Crippen molar-refractivity contribution in [3.63, 3.8) is 0 Å². The lowest BCUT2D eigenvalue weighted by atomic mass is 9.95. The Morgan fingerprint density at radius 3 is 2.76 bits per heavy atom. The van der Waals surface area contributed by atoms with Crippen LogP contribution in [0, 0.1) is 5.92 Å². The number of piperidine rings is 1. The Hall–Kier alpha value is -1.59. The summed E-state index contributed by atoms with van der Waals surface area (Å²) in [5.41, 5.74) is 0.269. The Labute approximate surface area is 125 Å². The summed E-state index contributed by atoms with van der Waals surface area (Å²) in [7, 11) is 0. The van der Waals surface area contributed by atoms with Crippen molar-refractivity contribution in [1.29, 1.82) is 0 Å². The van der Waals surface area contributed by atoms with E-state index in [0.29, 0.717) is 18.3 Å². The highest BCUT2D eigenvalue weighted by molar-refractivity contribution is 5.87. The van der Waals surface area contributed by atoms with Crippen LogP contribution in [0.1, 0.15) is 29.6 Å². The molecule has 1 fully saturated rings. The molecule has 0 bridgehead atoms. The van der Waals surface area contributed by atoms with Crippen molar-refractivity contribution < 1.29 is 19.7 Å². The van der Waals surface area contributed by atoms with Gasteiger partial charge in [0, 0.05) is 19.7 Å². The zero-order chi connectivity index (χ0) is 15.1. The fourth-order valence-corrected chi connectivity index (χ4v) is 2.76. The highest BCUT2D eigenvalue weighted by Gasteiger charge is 2.19. The molecular formula is C16H23NO4. The van der Waals surface area contributed by atoms with Gasteiger partial charge in [0.05, 0.1) is 5.56 Å². The molecule has 0 amide bonds. The molecule has 1 heterocycles. The topological polar surface area (TPSA) is 70.0 Å². The Bertz CT molecular complexity index is 444. The number of carboxylic acids is 1. The van der Waals surface area contributed by atoms with Crippen LogP contribution in [0.15, 0.2) is 24.3 Å². The molecule has 1 saturated heterocycles. The van der Waals surface area contributed by atoms with Crippen molar-refractivity contribution >= 4 is 5.97 Å². The number of aliphatic hydroxyl groups excluding tert-OH is 1. The van der Waals surface area contributed by atoms with Crippen LogP contribution in [0.4, 0.5) is 0 Å². The van der Waals surface area contributed by atoms with Crippen LogP contribution in [-0.4, -0.2) is 53.9 Å². The van der Waals surface area contributed by atoms with Crippen molar-refractivity contribution in [1.82, 2.24) is 4.90 Å². The minimum absolute atomic E-state index is 0.269. The minimum atomic E-state index is -0.926. The molecule has 2 rings (SSSR count). The molecule has 0 aliphatic carbocycles. The van der Waals surface area contributed by atoms with E-state index >= 15 is 0 Å². The van der Waals surface area contributed by atoms with Crippen molar-refractivity contribution in [3.05, 3.63) is 29.8 Å². The second kappa shape index (κ2) is 8.00. The van der Waals surface area contributed by atoms with E-state index in [1.807, 2.05) is 0 Å². The normalized spacial score (nSPS) is 19.4. The average molecular weight is 293 g/mol. The first-order valence-electron chi connectivity index (χ1n) is 7.48. The summed E-state index contributed by atoms with van der Waals surface area (Å²) in [5.74, 6) is 0.368. The second-order valence-electron chi connectivity index (χ2n) is 5.50. The molecule has 1 aliphatic rings. The monoisotopic (exact) mass is 293 g/mol. The minimum Gasteiger partial charge on any atom is -0.492 e. The molecule has 0 saturated carbocycles. The first-order valence-corrected chi connectivity index (χ1v) is 7.48. The van der Waals surface area contributed by atoms with E-state index in [1.54, 1.807) is 24.3 Å². The summed E-state index contributed by atoms with van der Waals surface area (Å²) >= 11 is 0. The van der Waals surface area contributed by atoms with Crippen LogP contribution >= 0.6 is 0 Å². The lowest BCUT2D eigenvalue weighted by molar-refractivity contribution is 0.0697. The zero-order valence-corrected chi connectivity index (χ0v) is 12.2. The first kappa shape index (κ1) is 15.8. The van der Waals surface area contributed by atoms with E-state index in [9.17, 15) is 4.79 Å². The van der Waals surface area contributed by atoms with Gasteiger partial charge in [-0.05, 0) is 56.0 Å². The Morgan fingerprint density at radius 1 is 1.33 bits per heavy atom. The SMILES string of the molecule is O=C(O)c1ccc(OCCN2CCCC(CCO)C2)cc1. The average Bonchev–Trinajstić information content (AvgIpc) is 2.48. The van der Waals surface area contributed by atoms with Gasteiger partial charge in [0.1, 0.15) is 12.4 Å². The van der Waals surface area contributed by atoms with E-state index in [2.05, 4.69) is 4.90 Å². The molecule has 1 unspecified atom stereocenters. The standard InChI is InChI=1S/C16H23NO4/c18-10-7-13-2-1-8-17(12-13)9-11-21-15-5-3-14(4-6-15)16(19)20/h3-6,13,18H,1-2,7-12H2,(H,19,20). The number of hydrogen-bond acceptors (Lipinski definition) is 4. The number of likely N-dealkylation sites (tertiary alicyclic amines) is 1. The second-order valence-corrected chi connectivity index (χ2v) is 5.50. The summed E-state index contributed by atoms with van der Waals surface area (Å²) in [6, 6.07) is 6.48. The molecule has 116 valence electrons. The molecule has 0 radical (unpaired) electrons. The van der Waals surface area contributed by atoms with Crippen LogP contribution in [-0.2, 0) is 0 Å². The van der Waals surface area contributed by atoms with Gasteiger partial charge in [-0.2, -0.15) is 0 Å². The van der Waals surface area contributed by atoms with Gasteiger partial charge in [-0.1, -0.05) is 0 Å². The van der Waals surface area contributed by atoms with Crippen molar-refractivity contribution in [2.45, 2.75) is 19.3 Å². The molecule has 0 aromatic heterocycles. The van der Waals surface area contributed by atoms with Gasteiger partial charge < -0.3 is 14.9 Å². The Morgan fingerprint density at radius 2 is 2.10 bits per heavy atom. The van der Waals surface area contributed by atoms with Crippen LogP contribution < -0.4 is 4.74 Å². The number of carboxylic acid groups (broad SMARTS) is 1. The predicted octanol–water partition coefficient (Wildman–Crippen LogP) is 1.86. The molecule has 1 aromatic carbocycles. The van der Waals surface area contributed by atoms with Crippen molar-refractivity contribution in [2.75, 3.05) is 32.8 Å². The van der Waals surface area contributed by atoms with Gasteiger partial charge >= 0.3 is 5.97 Å². The van der Waals surface area contributed by atoms with E-state index < -0.39 is 5.97 Å². The molecular weight excluding hydrogens is 270 g/mol. The maximum atomic E-state index is 10.8. The number of rotatable bonds is 7. The van der Waals surface area contributed by atoms with Crippen LogP contribution in [0.2, 0.25) is 0 Å². The maximum absolute atomic E-state index is 10.8. The van der Waals surface area contributed by atoms with E-state index in [4.69, 9.17) is 14.9 Å². The number of aromatic carboxylic acids is 1. The third-order valence-electron chi connectivity index (χ3n) is 3.92. The fourth-order valence-electron chi connectivity index (χ4n) is 2.76. The summed E-state index contributed by atoms with van der Waals surface area (Å²) in [5, 5.41) is 17.8. The van der Waals surface area contributed by atoms with Gasteiger partial charge in [-0.15, -0.1) is 0 Å². The van der Waals surface area contributed by atoms with Crippen molar-refractivity contribution in [3.8, 4) is 5.75 Å². The molecule has 5 nitrogen and oxygen atoms in total. The Kier molecular flexibility index (Phi) is 6.02. The van der Waals surface area contributed by atoms with Gasteiger partial charge in [-0.3, -0.25) is 4.90 Å². The summed E-state index contributed by atoms with van der Waals surface area (Å²) in [4.78, 5) is 13.1. The number of ether oxygens (including phenoxy) is 1. The van der Waals surface area contributed by atoms with E-state index in [-0.39, 0.29) is 12.2 Å². The molecule has 1 aromatic rings. The molecule has 1 aliphatic heterocycles. The smallest absolute Gasteiger partial charge is 0.335 e. The number of nitrogens with zero attached hydrogens (tertiary/aromatic N) is 1.